The zero-order chi connectivity index (χ0) is 20.4. The van der Waals surface area contributed by atoms with Gasteiger partial charge in [-0.3, -0.25) is 4.79 Å². The second-order valence-electron chi connectivity index (χ2n) is 7.32. The molecule has 2 heterocycles. The number of ether oxygens (including phenoxy) is 1. The number of hydrogen-bond acceptors (Lipinski definition) is 4. The number of nitrogens with zero attached hydrogens (tertiary/aromatic N) is 2. The molecule has 0 saturated carbocycles. The molecule has 6 heteroatoms. The van der Waals surface area contributed by atoms with Gasteiger partial charge in [-0.15, -0.1) is 0 Å². The lowest BCUT2D eigenvalue weighted by molar-refractivity contribution is 0.0735. The van der Waals surface area contributed by atoms with Crippen molar-refractivity contribution in [3.63, 3.8) is 0 Å². The molecule has 0 spiro atoms. The van der Waals surface area contributed by atoms with E-state index < -0.39 is 0 Å². The molecule has 2 aromatic carbocycles. The fourth-order valence-electron chi connectivity index (χ4n) is 3.76. The molecule has 1 fully saturated rings. The highest BCUT2D eigenvalue weighted by Crippen LogP contribution is 2.34. The molecule has 4 rings (SSSR count). The van der Waals surface area contributed by atoms with E-state index in [1.54, 1.807) is 0 Å². The molecule has 1 unspecified atom stereocenters. The minimum atomic E-state index is 0.0414. The van der Waals surface area contributed by atoms with E-state index in [1.807, 2.05) is 67.3 Å². The molecule has 1 aliphatic rings. The summed E-state index contributed by atoms with van der Waals surface area (Å²) in [7, 11) is 0. The lowest BCUT2D eigenvalue weighted by Crippen LogP contribution is -2.30. The van der Waals surface area contributed by atoms with Crippen LogP contribution in [0, 0.1) is 13.8 Å². The maximum Gasteiger partial charge on any atom is 0.254 e. The minimum absolute atomic E-state index is 0.0414. The standard InChI is InChI=1S/C23H23ClN2O3/c1-15-21(16(2)29-25-15)14-28-20-11-7-18(8-12-20)23(27)26-13-3-4-22(26)17-5-9-19(24)10-6-17/h5-12,22H,3-4,13-14H2,1-2H3. The van der Waals surface area contributed by atoms with Gasteiger partial charge < -0.3 is 14.2 Å². The number of carbonyl (C=O) groups excluding carboxylic acids is 1. The van der Waals surface area contributed by atoms with Crippen LogP contribution >= 0.6 is 11.6 Å². The number of halogens is 1. The van der Waals surface area contributed by atoms with Crippen molar-refractivity contribution >= 4 is 17.5 Å². The van der Waals surface area contributed by atoms with Gasteiger partial charge in [0, 0.05) is 17.1 Å². The second-order valence-corrected chi connectivity index (χ2v) is 7.76. The zero-order valence-electron chi connectivity index (χ0n) is 16.5. The number of amides is 1. The van der Waals surface area contributed by atoms with Gasteiger partial charge in [0.15, 0.2) is 0 Å². The molecule has 1 aromatic heterocycles. The third-order valence-electron chi connectivity index (χ3n) is 5.43. The number of aromatic nitrogens is 1. The van der Waals surface area contributed by atoms with Crippen LogP contribution in [0.4, 0.5) is 0 Å². The molecule has 5 nitrogen and oxygen atoms in total. The van der Waals surface area contributed by atoms with E-state index in [9.17, 15) is 4.79 Å². The van der Waals surface area contributed by atoms with E-state index in [1.165, 1.54) is 0 Å². The molecule has 29 heavy (non-hydrogen) atoms. The summed E-state index contributed by atoms with van der Waals surface area (Å²) in [5.74, 6) is 1.51. The number of hydrogen-bond donors (Lipinski definition) is 0. The van der Waals surface area contributed by atoms with Crippen LogP contribution in [0.1, 0.15) is 51.8 Å². The molecule has 0 aliphatic carbocycles. The van der Waals surface area contributed by atoms with E-state index in [4.69, 9.17) is 20.9 Å². The summed E-state index contributed by atoms with van der Waals surface area (Å²) < 4.78 is 11.0. The van der Waals surface area contributed by atoms with E-state index in [2.05, 4.69) is 5.16 Å². The summed E-state index contributed by atoms with van der Waals surface area (Å²) in [6.45, 7) is 4.91. The van der Waals surface area contributed by atoms with Gasteiger partial charge in [-0.1, -0.05) is 28.9 Å². The summed E-state index contributed by atoms with van der Waals surface area (Å²) in [6, 6.07) is 15.2. The summed E-state index contributed by atoms with van der Waals surface area (Å²) >= 11 is 6.00. The first-order valence-corrected chi connectivity index (χ1v) is 10.1. The van der Waals surface area contributed by atoms with Gasteiger partial charge in [0.2, 0.25) is 0 Å². The summed E-state index contributed by atoms with van der Waals surface area (Å²) in [5.41, 5.74) is 3.57. The van der Waals surface area contributed by atoms with Crippen molar-refractivity contribution in [3.05, 3.63) is 81.7 Å². The van der Waals surface area contributed by atoms with E-state index >= 15 is 0 Å². The van der Waals surface area contributed by atoms with Crippen molar-refractivity contribution in [3.8, 4) is 5.75 Å². The molecular formula is C23H23ClN2O3. The lowest BCUT2D eigenvalue weighted by Gasteiger charge is -2.25. The van der Waals surface area contributed by atoms with Crippen molar-refractivity contribution < 1.29 is 14.1 Å². The van der Waals surface area contributed by atoms with Gasteiger partial charge in [-0.2, -0.15) is 0 Å². The summed E-state index contributed by atoms with van der Waals surface area (Å²) in [4.78, 5) is 15.0. The first-order chi connectivity index (χ1) is 14.0. The van der Waals surface area contributed by atoms with Gasteiger partial charge in [0.05, 0.1) is 17.3 Å². The molecule has 1 amide bonds. The average Bonchev–Trinajstić information content (AvgIpc) is 3.34. The maximum atomic E-state index is 13.1. The van der Waals surface area contributed by atoms with Gasteiger partial charge >= 0.3 is 0 Å². The first kappa shape index (κ1) is 19.5. The maximum absolute atomic E-state index is 13.1. The Balaban J connectivity index is 1.44. The normalized spacial score (nSPS) is 16.2. The molecule has 0 radical (unpaired) electrons. The average molecular weight is 411 g/mol. The number of aryl methyl sites for hydroxylation is 2. The van der Waals surface area contributed by atoms with E-state index in [0.717, 1.165) is 42.0 Å². The Kier molecular flexibility index (Phi) is 5.58. The van der Waals surface area contributed by atoms with Crippen LogP contribution in [0.25, 0.3) is 0 Å². The van der Waals surface area contributed by atoms with Crippen LogP contribution in [-0.4, -0.2) is 22.5 Å². The highest BCUT2D eigenvalue weighted by Gasteiger charge is 2.30. The second kappa shape index (κ2) is 8.29. The fourth-order valence-corrected chi connectivity index (χ4v) is 3.89. The molecule has 1 atom stereocenters. The van der Waals surface area contributed by atoms with Crippen LogP contribution in [0.5, 0.6) is 5.75 Å². The lowest BCUT2D eigenvalue weighted by atomic mass is 10.0. The van der Waals surface area contributed by atoms with Crippen molar-refractivity contribution in [1.29, 1.82) is 0 Å². The Morgan fingerprint density at radius 3 is 2.55 bits per heavy atom. The van der Waals surface area contributed by atoms with Gasteiger partial charge in [-0.25, -0.2) is 0 Å². The van der Waals surface area contributed by atoms with Crippen LogP contribution in [0.3, 0.4) is 0 Å². The quantitative estimate of drug-likeness (QED) is 0.557. The Bertz CT molecular complexity index is 976. The predicted octanol–water partition coefficient (Wildman–Crippen LogP) is 5.50. The van der Waals surface area contributed by atoms with Gasteiger partial charge in [0.25, 0.3) is 5.91 Å². The van der Waals surface area contributed by atoms with Crippen molar-refractivity contribution in [2.45, 2.75) is 39.3 Å². The number of carbonyl (C=O) groups is 1. The minimum Gasteiger partial charge on any atom is -0.489 e. The fraction of sp³-hybridized carbons (Fsp3) is 0.304. The molecule has 0 bridgehead atoms. The molecular weight excluding hydrogens is 388 g/mol. The SMILES string of the molecule is Cc1noc(C)c1COc1ccc(C(=O)N2CCCC2c2ccc(Cl)cc2)cc1. The molecule has 1 aliphatic heterocycles. The highest BCUT2D eigenvalue weighted by atomic mass is 35.5. The number of likely N-dealkylation sites (tertiary alicyclic amines) is 1. The Morgan fingerprint density at radius 2 is 1.90 bits per heavy atom. The van der Waals surface area contributed by atoms with Crippen molar-refractivity contribution in [2.75, 3.05) is 6.54 Å². The third-order valence-corrected chi connectivity index (χ3v) is 5.69. The monoisotopic (exact) mass is 410 g/mol. The molecule has 3 aromatic rings. The van der Waals surface area contributed by atoms with Crippen molar-refractivity contribution in [1.82, 2.24) is 10.1 Å². The topological polar surface area (TPSA) is 55.6 Å². The Morgan fingerprint density at radius 1 is 1.17 bits per heavy atom. The van der Waals surface area contributed by atoms with E-state index in [0.29, 0.717) is 22.9 Å². The highest BCUT2D eigenvalue weighted by molar-refractivity contribution is 6.30. The Labute approximate surface area is 175 Å². The number of benzene rings is 2. The molecule has 0 N–H and O–H groups in total. The molecule has 1 saturated heterocycles. The van der Waals surface area contributed by atoms with Crippen molar-refractivity contribution in [2.24, 2.45) is 0 Å². The predicted molar refractivity (Wildman–Crippen MR) is 111 cm³/mol. The van der Waals surface area contributed by atoms with Gasteiger partial charge in [-0.05, 0) is 68.7 Å². The Hall–Kier alpha value is -2.79. The van der Waals surface area contributed by atoms with Crippen LogP contribution in [0.2, 0.25) is 5.02 Å². The van der Waals surface area contributed by atoms with Gasteiger partial charge in [0.1, 0.15) is 18.1 Å². The zero-order valence-corrected chi connectivity index (χ0v) is 17.3. The third kappa shape index (κ3) is 4.15. The van der Waals surface area contributed by atoms with Crippen LogP contribution in [-0.2, 0) is 6.61 Å². The molecule has 150 valence electrons. The van der Waals surface area contributed by atoms with E-state index in [-0.39, 0.29) is 11.9 Å². The summed E-state index contributed by atoms with van der Waals surface area (Å²) in [5, 5.41) is 4.64. The largest absolute Gasteiger partial charge is 0.489 e. The first-order valence-electron chi connectivity index (χ1n) is 9.74. The smallest absolute Gasteiger partial charge is 0.254 e. The van der Waals surface area contributed by atoms with Crippen LogP contribution < -0.4 is 4.74 Å². The number of rotatable bonds is 5. The summed E-state index contributed by atoms with van der Waals surface area (Å²) in [6.07, 6.45) is 1.96. The van der Waals surface area contributed by atoms with Crippen LogP contribution in [0.15, 0.2) is 53.1 Å².